The van der Waals surface area contributed by atoms with Crippen LogP contribution in [0.15, 0.2) is 215 Å². The average molecular weight is 2060 g/mol. The van der Waals surface area contributed by atoms with Gasteiger partial charge in [0.05, 0.1) is 44.4 Å². The van der Waals surface area contributed by atoms with E-state index in [9.17, 15) is 170 Å². The minimum atomic E-state index is -5.81. The molecule has 0 unspecified atom stereocenters. The van der Waals surface area contributed by atoms with Crippen molar-refractivity contribution in [3.63, 3.8) is 0 Å². The lowest BCUT2D eigenvalue weighted by Gasteiger charge is -2.21. The van der Waals surface area contributed by atoms with E-state index in [4.69, 9.17) is 18.9 Å². The van der Waals surface area contributed by atoms with Crippen LogP contribution in [-0.2, 0) is 107 Å². The highest BCUT2D eigenvalue weighted by Crippen LogP contribution is 2.35. The summed E-state index contributed by atoms with van der Waals surface area (Å²) < 4.78 is 474. The van der Waals surface area contributed by atoms with Gasteiger partial charge in [-0.1, -0.05) is 124 Å². The van der Waals surface area contributed by atoms with E-state index in [1.807, 2.05) is 52.0 Å². The summed E-state index contributed by atoms with van der Waals surface area (Å²) in [6.45, 7) is 39.8. The summed E-state index contributed by atoms with van der Waals surface area (Å²) in [6.07, 6.45) is -10.1. The van der Waals surface area contributed by atoms with Crippen molar-refractivity contribution >= 4 is 93.5 Å². The summed E-state index contributed by atoms with van der Waals surface area (Å²) in [7, 11) is -36.8. The second-order valence-corrected chi connectivity index (χ2v) is 36.8. The van der Waals surface area contributed by atoms with Crippen LogP contribution in [0, 0.1) is 76.7 Å². The smallest absolute Gasteiger partial charge is 0.401 e. The van der Waals surface area contributed by atoms with Crippen LogP contribution in [0.25, 0.3) is 19.4 Å². The molecule has 0 aliphatic rings. The Hall–Kier alpha value is -11.4. The first kappa shape index (κ1) is 122. The van der Waals surface area contributed by atoms with Crippen LogP contribution >= 0.6 is 0 Å². The number of ether oxygens (including phenoxy) is 6. The first-order chi connectivity index (χ1) is 60.3. The third kappa shape index (κ3) is 41.0. The molecule has 7 rings (SSSR count). The number of nitrogens with zero attached hydrogens (tertiary/aromatic N) is 2. The van der Waals surface area contributed by atoms with Crippen molar-refractivity contribution < 1.29 is 198 Å². The van der Waals surface area contributed by atoms with E-state index in [1.165, 1.54) is 74.9 Å². The molecular formula is C79H75F20N2O25S7-5. The molecule has 0 saturated heterocycles. The standard InChI is InChI=1S/C16H12F4O4S.C12H10F4O4S.C11H8F4O2.C11H14O.2C8H7F3NO4S2.C7H12O.C6H8F2O5S/c1-8(2)9-3-5-10(6-4-9)24-7-11-12(17)14(19)16(25(21,22)23)15(20)13(11)18;1-5(2)6(3)20-4-7-8(13)10(15)12(21(17,18)19)11(16)9(7)14;1-4(2)11(16)17-10-8(14)6(12)5(3)7(13)9(10)15;1-4-12-11-7-5-10(6-8-11)9(2)3;2*9-8(10,11)6-17(13,14)12-18(15,16)7-4-2-1-3-5-7;1-5-8-7(4)6(2)3;1-4(2)5(9)13-3-6(7,8)14(10,11)12/h3-6H,1,7H2,2H3,(H,21,22,23);1,3-4H2,2H3,(H,17,18,19);1H2,2-3H3;5-8H,2,4H2,1,3H3;2*1-5H,6H2;2,4-5H2,1,3H3;1,3H2,2H3,(H,10,11,12)/q;;;;2*-1;;/p-3. The van der Waals surface area contributed by atoms with Gasteiger partial charge >= 0.3 is 29.5 Å². The van der Waals surface area contributed by atoms with E-state index < -0.39 is 243 Å². The lowest BCUT2D eigenvalue weighted by Crippen LogP contribution is -2.34. The topological polar surface area (TPSA) is 426 Å². The molecule has 0 aliphatic heterocycles. The molecule has 0 amide bonds. The number of carbonyl (C=O) groups excluding carboxylic acids is 2. The van der Waals surface area contributed by atoms with Crippen molar-refractivity contribution in [2.75, 3.05) is 31.3 Å². The zero-order chi connectivity index (χ0) is 104. The molecule has 27 nitrogen and oxygen atoms in total. The van der Waals surface area contributed by atoms with Crippen LogP contribution in [-0.4, -0.2) is 133 Å². The van der Waals surface area contributed by atoms with Crippen LogP contribution in [0.3, 0.4) is 0 Å². The molecule has 0 spiro atoms. The lowest BCUT2D eigenvalue weighted by atomic mass is 10.1. The maximum atomic E-state index is 13.8. The molecule has 133 heavy (non-hydrogen) atoms. The van der Waals surface area contributed by atoms with E-state index in [0.717, 1.165) is 59.2 Å². The van der Waals surface area contributed by atoms with Gasteiger partial charge in [-0.25, -0.2) is 112 Å². The van der Waals surface area contributed by atoms with E-state index in [1.54, 1.807) is 19.1 Å². The van der Waals surface area contributed by atoms with E-state index in [0.29, 0.717) is 24.5 Å². The summed E-state index contributed by atoms with van der Waals surface area (Å²) in [5.74, 6) is -30.7. The first-order valence-corrected chi connectivity index (χ1v) is 45.5. The molecule has 738 valence electrons. The van der Waals surface area contributed by atoms with Crippen molar-refractivity contribution in [3.05, 3.63) is 302 Å². The highest BCUT2D eigenvalue weighted by atomic mass is 32.3. The molecule has 0 aromatic heterocycles. The number of esters is 2. The Kier molecular flexibility index (Phi) is 46.8. The Labute approximate surface area is 750 Å². The third-order valence-corrected chi connectivity index (χ3v) is 23.5. The predicted molar refractivity (Wildman–Crippen MR) is 436 cm³/mol. The summed E-state index contributed by atoms with van der Waals surface area (Å²) >= 11 is 0. The fraction of sp³-hybridized carbons (Fsp3) is 0.241. The number of hydrogen-bond acceptors (Lipinski definition) is 25. The second kappa shape index (κ2) is 51.2. The van der Waals surface area contributed by atoms with Crippen molar-refractivity contribution in [3.8, 4) is 17.2 Å². The summed E-state index contributed by atoms with van der Waals surface area (Å²) in [4.78, 5) is 16.2. The van der Waals surface area contributed by atoms with Crippen molar-refractivity contribution in [1.82, 2.24) is 0 Å². The Balaban J connectivity index is 0.00000152. The molecule has 0 radical (unpaired) electrons. The molecule has 7 aromatic rings. The zero-order valence-electron chi connectivity index (χ0n) is 70.0. The van der Waals surface area contributed by atoms with Crippen molar-refractivity contribution in [1.29, 1.82) is 0 Å². The van der Waals surface area contributed by atoms with Gasteiger partial charge in [0.25, 0.3) is 0 Å². The van der Waals surface area contributed by atoms with E-state index in [2.05, 4.69) is 70.4 Å². The van der Waals surface area contributed by atoms with Crippen molar-refractivity contribution in [2.45, 2.75) is 113 Å². The fourth-order valence-electron chi connectivity index (χ4n) is 7.95. The van der Waals surface area contributed by atoms with Gasteiger partial charge in [0.2, 0.25) is 17.4 Å². The van der Waals surface area contributed by atoms with Crippen LogP contribution < -0.4 is 14.2 Å². The van der Waals surface area contributed by atoms with Crippen LogP contribution in [0.2, 0.25) is 0 Å². The van der Waals surface area contributed by atoms with E-state index >= 15 is 0 Å². The molecule has 0 aliphatic carbocycles. The van der Waals surface area contributed by atoms with E-state index in [-0.39, 0.29) is 22.7 Å². The number of alkyl halides is 8. The zero-order valence-corrected chi connectivity index (χ0v) is 75.7. The summed E-state index contributed by atoms with van der Waals surface area (Å²) in [5.41, 5.74) is 1.45. The molecule has 0 heterocycles. The number of rotatable bonds is 30. The largest absolute Gasteiger partial charge is 0.744 e. The molecule has 0 atom stereocenters. The maximum absolute atomic E-state index is 13.8. The van der Waals surface area contributed by atoms with Gasteiger partial charge < -0.3 is 50.3 Å². The molecule has 0 bridgehead atoms. The number of carbonyl (C=O) groups is 2. The number of hydrogen-bond donors (Lipinski definition) is 0. The van der Waals surface area contributed by atoms with Gasteiger partial charge in [0, 0.05) is 26.5 Å². The maximum Gasteiger partial charge on any atom is 0.401 e. The average Bonchev–Trinajstić information content (AvgIpc) is 0.790. The molecule has 0 N–H and O–H groups in total. The first-order valence-electron chi connectivity index (χ1n) is 35.2. The quantitative estimate of drug-likeness (QED) is 0.00590. The van der Waals surface area contributed by atoms with Gasteiger partial charge in [-0.3, -0.25) is 0 Å². The van der Waals surface area contributed by atoms with Crippen LogP contribution in [0.4, 0.5) is 87.8 Å². The van der Waals surface area contributed by atoms with Gasteiger partial charge in [-0.15, -0.1) is 0 Å². The van der Waals surface area contributed by atoms with Crippen LogP contribution in [0.1, 0.15) is 83.2 Å². The minimum Gasteiger partial charge on any atom is -0.744 e. The Bertz CT molecular complexity index is 6090. The molecule has 0 fully saturated rings. The molecule has 54 heteroatoms. The van der Waals surface area contributed by atoms with Crippen LogP contribution in [0.5, 0.6) is 17.2 Å². The Morgan fingerprint density at radius 3 is 0.947 bits per heavy atom. The monoisotopic (exact) mass is 2060 g/mol. The highest BCUT2D eigenvalue weighted by Gasteiger charge is 2.40. The Morgan fingerprint density at radius 1 is 0.376 bits per heavy atom. The number of benzene rings is 7. The molecular weight excluding hydrogens is 1980 g/mol. The lowest BCUT2D eigenvalue weighted by molar-refractivity contribution is -0.144. The summed E-state index contributed by atoms with van der Waals surface area (Å²) in [5, 5.41) is -4.61. The van der Waals surface area contributed by atoms with Gasteiger partial charge in [0.15, 0.2) is 74.9 Å². The second-order valence-electron chi connectivity index (χ2n) is 25.7. The fourth-order valence-corrected chi connectivity index (χ4v) is 14.7. The van der Waals surface area contributed by atoms with Crippen molar-refractivity contribution in [2.24, 2.45) is 0 Å². The SMILES string of the molecule is C=C(C)C(=C)OCC.C=C(C)C(=C)OCc1c(F)c(F)c(S(=O)(=O)[O-])c(F)c1F.C=C(C)C(=O)OCC(F)(F)S(=O)(=O)[O-].C=C(C)C(=O)Oc1c(F)c(F)c(C)c(F)c1F.C=C(C)c1ccc(OCC)cc1.C=C(C)c1ccc(OCc2c(F)c(F)c(S(=O)(=O)[O-])c(F)c2F)cc1.O=S(=O)(CC(F)(F)F)[N-]S(=O)(=O)c1ccccc1.O=S(=O)(CC(F)(F)F)[N-]S(=O)(=O)c1ccccc1. The normalized spacial score (nSPS) is 11.5. The minimum absolute atomic E-state index is 0.0878. The molecule has 7 aromatic carbocycles. The van der Waals surface area contributed by atoms with Gasteiger partial charge in [-0.2, -0.15) is 43.9 Å². The third-order valence-electron chi connectivity index (χ3n) is 14.4. The number of sulfonamides is 4. The molecule has 0 saturated carbocycles. The predicted octanol–water partition coefficient (Wildman–Crippen LogP) is 18.3. The number of halogens is 20. The van der Waals surface area contributed by atoms with Gasteiger partial charge in [0.1, 0.15) is 97.8 Å². The van der Waals surface area contributed by atoms with Gasteiger partial charge in [-0.05, 0) is 133 Å². The highest BCUT2D eigenvalue weighted by molar-refractivity contribution is 8.12. The Morgan fingerprint density at radius 2 is 0.684 bits per heavy atom. The number of allylic oxidation sites excluding steroid dienone is 4. The summed E-state index contributed by atoms with van der Waals surface area (Å²) in [6, 6.07) is 26.3.